The first-order chi connectivity index (χ1) is 13.0. The van der Waals surface area contributed by atoms with Gasteiger partial charge in [0.15, 0.2) is 13.2 Å². The van der Waals surface area contributed by atoms with Crippen molar-refractivity contribution in [2.75, 3.05) is 19.8 Å². The van der Waals surface area contributed by atoms with Crippen LogP contribution in [-0.2, 0) is 14.3 Å². The number of rotatable bonds is 7. The number of nitrogens with one attached hydrogen (secondary N) is 1. The van der Waals surface area contributed by atoms with Gasteiger partial charge in [-0.25, -0.2) is 9.18 Å². The Kier molecular flexibility index (Phi) is 5.06. The van der Waals surface area contributed by atoms with Crippen LogP contribution in [-0.4, -0.2) is 31.6 Å². The van der Waals surface area contributed by atoms with E-state index in [4.69, 9.17) is 9.47 Å². The Morgan fingerprint density at radius 2 is 1.59 bits per heavy atom. The molecule has 4 fully saturated rings. The van der Waals surface area contributed by atoms with Gasteiger partial charge in [0.1, 0.15) is 11.6 Å². The van der Waals surface area contributed by atoms with Crippen LogP contribution in [0.1, 0.15) is 38.5 Å². The van der Waals surface area contributed by atoms with Gasteiger partial charge in [-0.2, -0.15) is 0 Å². The molecule has 146 valence electrons. The number of carbonyl (C=O) groups is 2. The highest BCUT2D eigenvalue weighted by Gasteiger charge is 2.50. The molecule has 1 amide bonds. The molecule has 4 saturated carbocycles. The van der Waals surface area contributed by atoms with Gasteiger partial charge >= 0.3 is 5.97 Å². The van der Waals surface area contributed by atoms with E-state index in [1.807, 2.05) is 0 Å². The van der Waals surface area contributed by atoms with Crippen molar-refractivity contribution in [2.45, 2.75) is 38.5 Å². The summed E-state index contributed by atoms with van der Waals surface area (Å²) in [5, 5.41) is 2.98. The Morgan fingerprint density at radius 3 is 2.19 bits per heavy atom. The highest BCUT2D eigenvalue weighted by molar-refractivity contribution is 5.80. The summed E-state index contributed by atoms with van der Waals surface area (Å²) in [6.07, 6.45) is 7.80. The van der Waals surface area contributed by atoms with Crippen LogP contribution in [0.25, 0.3) is 0 Å². The van der Waals surface area contributed by atoms with E-state index in [0.29, 0.717) is 12.3 Å². The van der Waals surface area contributed by atoms with Gasteiger partial charge < -0.3 is 14.8 Å². The highest BCUT2D eigenvalue weighted by atomic mass is 19.1. The van der Waals surface area contributed by atoms with Gasteiger partial charge in [-0.1, -0.05) is 0 Å². The smallest absolute Gasteiger partial charge is 0.344 e. The molecule has 1 N–H and O–H groups in total. The Balaban J connectivity index is 1.17. The van der Waals surface area contributed by atoms with Gasteiger partial charge in [0, 0.05) is 6.54 Å². The zero-order chi connectivity index (χ0) is 18.9. The molecule has 27 heavy (non-hydrogen) atoms. The van der Waals surface area contributed by atoms with Crippen LogP contribution >= 0.6 is 0 Å². The van der Waals surface area contributed by atoms with Crippen LogP contribution in [0.4, 0.5) is 4.39 Å². The molecule has 0 aromatic heterocycles. The van der Waals surface area contributed by atoms with Crippen molar-refractivity contribution in [1.82, 2.24) is 5.32 Å². The van der Waals surface area contributed by atoms with E-state index in [1.54, 1.807) is 0 Å². The number of amides is 1. The first-order valence-corrected chi connectivity index (χ1v) is 9.80. The molecule has 0 unspecified atom stereocenters. The largest absolute Gasteiger partial charge is 0.482 e. The second-order valence-corrected chi connectivity index (χ2v) is 8.60. The minimum absolute atomic E-state index is 0.263. The van der Waals surface area contributed by atoms with Crippen LogP contribution in [0.3, 0.4) is 0 Å². The zero-order valence-corrected chi connectivity index (χ0v) is 15.4. The lowest BCUT2D eigenvalue weighted by Crippen LogP contribution is -2.51. The SMILES string of the molecule is O=C(COC(=O)COc1ccc(F)cc1)NCC12CC3CC(CC(C3)C1)C2. The fourth-order valence-electron chi connectivity index (χ4n) is 5.70. The quantitative estimate of drug-likeness (QED) is 0.744. The van der Waals surface area contributed by atoms with Crippen molar-refractivity contribution in [3.63, 3.8) is 0 Å². The maximum absolute atomic E-state index is 12.8. The van der Waals surface area contributed by atoms with Crippen molar-refractivity contribution in [2.24, 2.45) is 23.2 Å². The summed E-state index contributed by atoms with van der Waals surface area (Å²) in [4.78, 5) is 23.8. The van der Waals surface area contributed by atoms with E-state index in [1.165, 1.54) is 62.8 Å². The van der Waals surface area contributed by atoms with E-state index in [-0.39, 0.29) is 30.4 Å². The zero-order valence-electron chi connectivity index (χ0n) is 15.4. The van der Waals surface area contributed by atoms with Crippen molar-refractivity contribution < 1.29 is 23.5 Å². The molecule has 1 aromatic carbocycles. The lowest BCUT2D eigenvalue weighted by molar-refractivity contribution is -0.150. The number of ether oxygens (including phenoxy) is 2. The van der Waals surface area contributed by atoms with Crippen LogP contribution < -0.4 is 10.1 Å². The van der Waals surface area contributed by atoms with Gasteiger partial charge in [-0.3, -0.25) is 4.79 Å². The van der Waals surface area contributed by atoms with Crippen molar-refractivity contribution in [3.05, 3.63) is 30.1 Å². The molecule has 0 aliphatic heterocycles. The minimum Gasteiger partial charge on any atom is -0.482 e. The average molecular weight is 375 g/mol. The van der Waals surface area contributed by atoms with Crippen LogP contribution in [0.15, 0.2) is 24.3 Å². The number of benzene rings is 1. The number of halogens is 1. The van der Waals surface area contributed by atoms with E-state index < -0.39 is 5.97 Å². The molecule has 0 atom stereocenters. The monoisotopic (exact) mass is 375 g/mol. The summed E-state index contributed by atoms with van der Waals surface area (Å²) in [5.74, 6) is 1.64. The third-order valence-corrected chi connectivity index (χ3v) is 6.36. The summed E-state index contributed by atoms with van der Waals surface area (Å²) in [7, 11) is 0. The van der Waals surface area contributed by atoms with Crippen LogP contribution in [0, 0.1) is 29.0 Å². The first kappa shape index (κ1) is 18.3. The molecule has 5 nitrogen and oxygen atoms in total. The Labute approximate surface area is 158 Å². The maximum Gasteiger partial charge on any atom is 0.344 e. The minimum atomic E-state index is -0.621. The standard InChI is InChI=1S/C21H26FNO4/c22-17-1-3-18(4-2-17)26-12-20(25)27-11-19(24)23-13-21-8-14-5-15(9-21)7-16(6-14)10-21/h1-4,14-16H,5-13H2,(H,23,24). The number of esters is 1. The van der Waals surface area contributed by atoms with Crippen molar-refractivity contribution in [1.29, 1.82) is 0 Å². The van der Waals surface area contributed by atoms with Gasteiger partial charge in [0.05, 0.1) is 0 Å². The lowest BCUT2D eigenvalue weighted by Gasteiger charge is -2.56. The first-order valence-electron chi connectivity index (χ1n) is 9.80. The summed E-state index contributed by atoms with van der Waals surface area (Å²) >= 11 is 0. The third kappa shape index (κ3) is 4.42. The van der Waals surface area contributed by atoms with E-state index in [2.05, 4.69) is 5.32 Å². The molecule has 0 saturated heterocycles. The van der Waals surface area contributed by atoms with Crippen molar-refractivity contribution >= 4 is 11.9 Å². The van der Waals surface area contributed by atoms with Gasteiger partial charge in [-0.05, 0) is 86.0 Å². The molecule has 4 aliphatic rings. The fraction of sp³-hybridized carbons (Fsp3) is 0.619. The third-order valence-electron chi connectivity index (χ3n) is 6.36. The molecule has 5 rings (SSSR count). The van der Waals surface area contributed by atoms with Gasteiger partial charge in [-0.15, -0.1) is 0 Å². The van der Waals surface area contributed by atoms with Gasteiger partial charge in [0.2, 0.25) is 0 Å². The lowest BCUT2D eigenvalue weighted by atomic mass is 9.49. The highest BCUT2D eigenvalue weighted by Crippen LogP contribution is 2.59. The number of hydrogen-bond acceptors (Lipinski definition) is 4. The Morgan fingerprint density at radius 1 is 1.00 bits per heavy atom. The van der Waals surface area contributed by atoms with Crippen LogP contribution in [0.5, 0.6) is 5.75 Å². The van der Waals surface area contributed by atoms with E-state index in [9.17, 15) is 14.0 Å². The van der Waals surface area contributed by atoms with Crippen molar-refractivity contribution in [3.8, 4) is 5.75 Å². The normalized spacial score (nSPS) is 30.8. The second kappa shape index (κ2) is 7.49. The summed E-state index contributed by atoms with van der Waals surface area (Å²) in [6, 6.07) is 5.36. The summed E-state index contributed by atoms with van der Waals surface area (Å²) in [6.45, 7) is 0.0881. The van der Waals surface area contributed by atoms with E-state index in [0.717, 1.165) is 17.8 Å². The predicted molar refractivity (Wildman–Crippen MR) is 96.5 cm³/mol. The van der Waals surface area contributed by atoms with Gasteiger partial charge in [0.25, 0.3) is 5.91 Å². The second-order valence-electron chi connectivity index (χ2n) is 8.60. The molecular weight excluding hydrogens is 349 g/mol. The molecule has 0 spiro atoms. The predicted octanol–water partition coefficient (Wildman–Crippen LogP) is 3.08. The summed E-state index contributed by atoms with van der Waals surface area (Å²) in [5.41, 5.74) is 0.264. The molecule has 1 aromatic rings. The number of hydrogen-bond donors (Lipinski definition) is 1. The molecule has 4 bridgehead atoms. The molecule has 6 heteroatoms. The fourth-order valence-corrected chi connectivity index (χ4v) is 5.70. The molecule has 0 radical (unpaired) electrons. The Bertz CT molecular complexity index is 667. The summed E-state index contributed by atoms with van der Waals surface area (Å²) < 4.78 is 23.0. The van der Waals surface area contributed by atoms with E-state index >= 15 is 0 Å². The van der Waals surface area contributed by atoms with Crippen LogP contribution in [0.2, 0.25) is 0 Å². The topological polar surface area (TPSA) is 64.6 Å². The number of carbonyl (C=O) groups excluding carboxylic acids is 2. The average Bonchev–Trinajstić information content (AvgIpc) is 2.63. The molecular formula is C21H26FNO4. The molecule has 0 heterocycles. The Hall–Kier alpha value is -2.11. The molecule has 4 aliphatic carbocycles. The maximum atomic E-state index is 12.8.